The zero-order chi connectivity index (χ0) is 10.7. The van der Waals surface area contributed by atoms with Crippen molar-refractivity contribution >= 4 is 5.95 Å². The number of anilines is 1. The molecule has 5 heteroatoms. The molecule has 2 N–H and O–H groups in total. The fourth-order valence-corrected chi connectivity index (χ4v) is 1.91. The minimum Gasteiger partial charge on any atom is -0.494 e. The van der Waals surface area contributed by atoms with Crippen molar-refractivity contribution < 1.29 is 4.74 Å². The van der Waals surface area contributed by atoms with E-state index in [2.05, 4.69) is 14.9 Å². The second-order valence-electron chi connectivity index (χ2n) is 3.65. The van der Waals surface area contributed by atoms with E-state index in [9.17, 15) is 0 Å². The van der Waals surface area contributed by atoms with Gasteiger partial charge in [0.05, 0.1) is 19.5 Å². The van der Waals surface area contributed by atoms with E-state index in [0.29, 0.717) is 18.3 Å². The van der Waals surface area contributed by atoms with E-state index in [1.165, 1.54) is 0 Å². The van der Waals surface area contributed by atoms with Crippen LogP contribution in [0, 0.1) is 0 Å². The van der Waals surface area contributed by atoms with Gasteiger partial charge in [-0.25, -0.2) is 9.97 Å². The van der Waals surface area contributed by atoms with E-state index in [-0.39, 0.29) is 0 Å². The van der Waals surface area contributed by atoms with Crippen LogP contribution in [0.5, 0.6) is 5.75 Å². The topological polar surface area (TPSA) is 64.3 Å². The summed E-state index contributed by atoms with van der Waals surface area (Å²) >= 11 is 0. The molecule has 1 aliphatic rings. The second-order valence-corrected chi connectivity index (χ2v) is 3.65. The number of hydrogen-bond acceptors (Lipinski definition) is 5. The van der Waals surface area contributed by atoms with Crippen LogP contribution in [0.1, 0.15) is 12.8 Å². The molecule has 0 aliphatic carbocycles. The average Bonchev–Trinajstić information content (AvgIpc) is 2.77. The first kappa shape index (κ1) is 10.2. The number of aromatic nitrogens is 2. The molecule has 1 aromatic heterocycles. The third-order valence-electron chi connectivity index (χ3n) is 2.76. The summed E-state index contributed by atoms with van der Waals surface area (Å²) in [6, 6.07) is 0.387. The van der Waals surface area contributed by atoms with Gasteiger partial charge in [-0.05, 0) is 12.8 Å². The van der Waals surface area contributed by atoms with Crippen LogP contribution in [0.4, 0.5) is 5.95 Å². The van der Waals surface area contributed by atoms with Crippen LogP contribution in [0.25, 0.3) is 0 Å². The molecule has 5 nitrogen and oxygen atoms in total. The summed E-state index contributed by atoms with van der Waals surface area (Å²) in [5.41, 5.74) is 5.70. The molecule has 2 heterocycles. The van der Waals surface area contributed by atoms with Gasteiger partial charge in [-0.3, -0.25) is 0 Å². The maximum absolute atomic E-state index is 5.70. The van der Waals surface area contributed by atoms with Crippen LogP contribution in [0.3, 0.4) is 0 Å². The maximum atomic E-state index is 5.70. The van der Waals surface area contributed by atoms with Crippen LogP contribution in [-0.2, 0) is 0 Å². The first-order valence-corrected chi connectivity index (χ1v) is 5.18. The summed E-state index contributed by atoms with van der Waals surface area (Å²) in [5, 5.41) is 0. The molecule has 1 fully saturated rings. The van der Waals surface area contributed by atoms with E-state index in [1.807, 2.05) is 0 Å². The zero-order valence-electron chi connectivity index (χ0n) is 8.89. The predicted octanol–water partition coefficient (Wildman–Crippen LogP) is 0.413. The maximum Gasteiger partial charge on any atom is 0.225 e. The van der Waals surface area contributed by atoms with Gasteiger partial charge in [-0.2, -0.15) is 0 Å². The van der Waals surface area contributed by atoms with Crippen molar-refractivity contribution in [3.8, 4) is 5.75 Å². The Hall–Kier alpha value is -1.36. The summed E-state index contributed by atoms with van der Waals surface area (Å²) in [6.45, 7) is 1.66. The Morgan fingerprint density at radius 2 is 2.27 bits per heavy atom. The lowest BCUT2D eigenvalue weighted by Crippen LogP contribution is -2.36. The largest absolute Gasteiger partial charge is 0.494 e. The lowest BCUT2D eigenvalue weighted by molar-refractivity contribution is 0.410. The van der Waals surface area contributed by atoms with Gasteiger partial charge in [0.1, 0.15) is 0 Å². The highest BCUT2D eigenvalue weighted by Gasteiger charge is 2.25. The Balaban J connectivity index is 2.14. The normalized spacial score (nSPS) is 20.7. The molecular formula is C10H16N4O. The molecule has 1 unspecified atom stereocenters. The molecule has 0 amide bonds. The van der Waals surface area contributed by atoms with Gasteiger partial charge in [0.25, 0.3) is 0 Å². The van der Waals surface area contributed by atoms with Crippen molar-refractivity contribution in [1.82, 2.24) is 9.97 Å². The Kier molecular flexibility index (Phi) is 3.01. The number of hydrogen-bond donors (Lipinski definition) is 1. The monoisotopic (exact) mass is 208 g/mol. The molecular weight excluding hydrogens is 192 g/mol. The average molecular weight is 208 g/mol. The summed E-state index contributed by atoms with van der Waals surface area (Å²) in [5.74, 6) is 1.44. The van der Waals surface area contributed by atoms with Crippen molar-refractivity contribution in [3.63, 3.8) is 0 Å². The molecule has 0 aromatic carbocycles. The van der Waals surface area contributed by atoms with E-state index in [1.54, 1.807) is 19.5 Å². The summed E-state index contributed by atoms with van der Waals surface area (Å²) < 4.78 is 5.02. The van der Waals surface area contributed by atoms with E-state index in [4.69, 9.17) is 10.5 Å². The van der Waals surface area contributed by atoms with Gasteiger partial charge in [0, 0.05) is 19.1 Å². The highest BCUT2D eigenvalue weighted by Crippen LogP contribution is 2.21. The first-order chi connectivity index (χ1) is 7.35. The molecule has 0 spiro atoms. The van der Waals surface area contributed by atoms with Gasteiger partial charge in [0.2, 0.25) is 5.95 Å². The van der Waals surface area contributed by atoms with Gasteiger partial charge < -0.3 is 15.4 Å². The fraction of sp³-hybridized carbons (Fsp3) is 0.600. The Bertz CT molecular complexity index is 314. The number of rotatable bonds is 3. The smallest absolute Gasteiger partial charge is 0.225 e. The van der Waals surface area contributed by atoms with Gasteiger partial charge >= 0.3 is 0 Å². The second kappa shape index (κ2) is 4.44. The summed E-state index contributed by atoms with van der Waals surface area (Å²) in [4.78, 5) is 10.7. The summed E-state index contributed by atoms with van der Waals surface area (Å²) in [7, 11) is 1.61. The van der Waals surface area contributed by atoms with Crippen LogP contribution < -0.4 is 15.4 Å². The van der Waals surface area contributed by atoms with E-state index < -0.39 is 0 Å². The van der Waals surface area contributed by atoms with Gasteiger partial charge in [0.15, 0.2) is 5.75 Å². The third kappa shape index (κ3) is 2.02. The van der Waals surface area contributed by atoms with Crippen LogP contribution in [-0.4, -0.2) is 36.2 Å². The van der Waals surface area contributed by atoms with Gasteiger partial charge in [-0.1, -0.05) is 0 Å². The van der Waals surface area contributed by atoms with Crippen LogP contribution in [0.2, 0.25) is 0 Å². The molecule has 1 aromatic rings. The van der Waals surface area contributed by atoms with Crippen molar-refractivity contribution in [1.29, 1.82) is 0 Å². The fourth-order valence-electron chi connectivity index (χ4n) is 1.91. The number of methoxy groups -OCH3 is 1. The van der Waals surface area contributed by atoms with Crippen molar-refractivity contribution in [2.45, 2.75) is 18.9 Å². The standard InChI is InChI=1S/C10H16N4O/c1-15-9-6-12-10(13-7-9)14-4-2-3-8(14)5-11/h6-8H,2-5,11H2,1H3. The molecule has 1 atom stereocenters. The predicted molar refractivity (Wildman–Crippen MR) is 58.0 cm³/mol. The lowest BCUT2D eigenvalue weighted by atomic mass is 10.2. The number of ether oxygens (including phenoxy) is 1. The first-order valence-electron chi connectivity index (χ1n) is 5.18. The van der Waals surface area contributed by atoms with Crippen LogP contribution in [0.15, 0.2) is 12.4 Å². The lowest BCUT2D eigenvalue weighted by Gasteiger charge is -2.22. The van der Waals surface area contributed by atoms with Crippen LogP contribution >= 0.6 is 0 Å². The molecule has 0 saturated carbocycles. The van der Waals surface area contributed by atoms with Gasteiger partial charge in [-0.15, -0.1) is 0 Å². The van der Waals surface area contributed by atoms with Crippen molar-refractivity contribution in [3.05, 3.63) is 12.4 Å². The molecule has 15 heavy (non-hydrogen) atoms. The van der Waals surface area contributed by atoms with Crippen molar-refractivity contribution in [2.24, 2.45) is 5.73 Å². The molecule has 1 aliphatic heterocycles. The minimum atomic E-state index is 0.387. The Labute approximate surface area is 89.3 Å². The van der Waals surface area contributed by atoms with E-state index >= 15 is 0 Å². The minimum absolute atomic E-state index is 0.387. The summed E-state index contributed by atoms with van der Waals surface area (Å²) in [6.07, 6.45) is 5.67. The van der Waals surface area contributed by atoms with E-state index in [0.717, 1.165) is 25.3 Å². The number of nitrogens with zero attached hydrogens (tertiary/aromatic N) is 3. The molecule has 0 radical (unpaired) electrons. The highest BCUT2D eigenvalue weighted by atomic mass is 16.5. The molecule has 0 bridgehead atoms. The molecule has 2 rings (SSSR count). The van der Waals surface area contributed by atoms with Crippen molar-refractivity contribution in [2.75, 3.05) is 25.1 Å². The Morgan fingerprint density at radius 1 is 1.53 bits per heavy atom. The quantitative estimate of drug-likeness (QED) is 0.779. The molecule has 82 valence electrons. The highest BCUT2D eigenvalue weighted by molar-refractivity contribution is 5.34. The zero-order valence-corrected chi connectivity index (χ0v) is 8.89. The molecule has 1 saturated heterocycles. The third-order valence-corrected chi connectivity index (χ3v) is 2.76. The Morgan fingerprint density at radius 3 is 2.87 bits per heavy atom. The SMILES string of the molecule is COc1cnc(N2CCCC2CN)nc1. The number of nitrogens with two attached hydrogens (primary N) is 1.